The summed E-state index contributed by atoms with van der Waals surface area (Å²) in [4.78, 5) is 28.8. The summed E-state index contributed by atoms with van der Waals surface area (Å²) < 4.78 is 0. The molecule has 6 nitrogen and oxygen atoms in total. The monoisotopic (exact) mass is 269 g/mol. The number of carbonyl (C=O) groups excluding carboxylic acids is 1. The summed E-state index contributed by atoms with van der Waals surface area (Å²) in [7, 11) is 0. The van der Waals surface area contributed by atoms with E-state index in [1.54, 1.807) is 4.90 Å². The Balaban J connectivity index is 1.78. The number of aliphatic carboxylic acids is 1. The molecule has 2 amide bonds. The molecule has 2 fully saturated rings. The zero-order valence-corrected chi connectivity index (χ0v) is 11.7. The van der Waals surface area contributed by atoms with Crippen LogP contribution in [0.4, 0.5) is 4.79 Å². The summed E-state index contributed by atoms with van der Waals surface area (Å²) in [5.41, 5.74) is 0. The fraction of sp³-hybridized carbons (Fsp3) is 0.846. The fourth-order valence-electron chi connectivity index (χ4n) is 2.94. The van der Waals surface area contributed by atoms with Crippen molar-refractivity contribution >= 4 is 12.0 Å². The number of urea groups is 1. The third-order valence-corrected chi connectivity index (χ3v) is 4.13. The summed E-state index contributed by atoms with van der Waals surface area (Å²) >= 11 is 0. The van der Waals surface area contributed by atoms with Gasteiger partial charge in [-0.1, -0.05) is 6.92 Å². The van der Waals surface area contributed by atoms with Gasteiger partial charge in [0.05, 0.1) is 6.42 Å². The van der Waals surface area contributed by atoms with E-state index in [1.165, 1.54) is 0 Å². The van der Waals surface area contributed by atoms with Gasteiger partial charge in [0.1, 0.15) is 0 Å². The van der Waals surface area contributed by atoms with Gasteiger partial charge in [-0.3, -0.25) is 9.69 Å². The van der Waals surface area contributed by atoms with E-state index in [0.29, 0.717) is 19.1 Å². The molecule has 0 radical (unpaired) electrons. The van der Waals surface area contributed by atoms with Gasteiger partial charge in [0.25, 0.3) is 0 Å². The fourth-order valence-corrected chi connectivity index (χ4v) is 2.94. The van der Waals surface area contributed by atoms with Crippen LogP contribution in [0.25, 0.3) is 0 Å². The van der Waals surface area contributed by atoms with Crippen LogP contribution in [0.15, 0.2) is 0 Å². The molecule has 2 saturated heterocycles. The molecule has 2 aliphatic rings. The number of rotatable bonds is 3. The molecular formula is C13H23N3O3. The number of hydrogen-bond acceptors (Lipinski definition) is 3. The summed E-state index contributed by atoms with van der Waals surface area (Å²) in [5.74, 6) is -0.641. The summed E-state index contributed by atoms with van der Waals surface area (Å²) in [6.45, 7) is 8.96. The van der Waals surface area contributed by atoms with Gasteiger partial charge in [0.2, 0.25) is 0 Å². The third kappa shape index (κ3) is 3.18. The Kier molecular flexibility index (Phi) is 4.29. The zero-order valence-electron chi connectivity index (χ0n) is 11.7. The molecule has 2 rings (SSSR count). The van der Waals surface area contributed by atoms with Gasteiger partial charge in [-0.25, -0.2) is 4.79 Å². The number of piperazine rings is 1. The first kappa shape index (κ1) is 14.1. The second-order valence-electron chi connectivity index (χ2n) is 5.58. The molecule has 0 aromatic carbocycles. The molecule has 2 aliphatic heterocycles. The van der Waals surface area contributed by atoms with E-state index >= 15 is 0 Å². The molecular weight excluding hydrogens is 246 g/mol. The first-order chi connectivity index (χ1) is 9.01. The number of carboxylic acid groups (broad SMARTS) is 1. The number of likely N-dealkylation sites (tertiary alicyclic amines) is 1. The lowest BCUT2D eigenvalue weighted by Gasteiger charge is -2.45. The van der Waals surface area contributed by atoms with Crippen molar-refractivity contribution in [1.29, 1.82) is 0 Å². The normalized spacial score (nSPS) is 25.3. The van der Waals surface area contributed by atoms with Crippen LogP contribution < -0.4 is 0 Å². The first-order valence-corrected chi connectivity index (χ1v) is 7.01. The number of nitrogens with zero attached hydrogens (tertiary/aromatic N) is 3. The zero-order chi connectivity index (χ0) is 14.0. The summed E-state index contributed by atoms with van der Waals surface area (Å²) in [6.07, 6.45) is 0.170. The van der Waals surface area contributed by atoms with E-state index in [4.69, 9.17) is 5.11 Å². The summed E-state index contributed by atoms with van der Waals surface area (Å²) in [6, 6.07) is 0.475. The molecule has 1 unspecified atom stereocenters. The quantitative estimate of drug-likeness (QED) is 0.812. The topological polar surface area (TPSA) is 64.1 Å². The van der Waals surface area contributed by atoms with Crippen molar-refractivity contribution in [3.05, 3.63) is 0 Å². The minimum atomic E-state index is -0.776. The van der Waals surface area contributed by atoms with Crippen LogP contribution >= 0.6 is 0 Å². The Hall–Kier alpha value is -1.30. The molecule has 0 aliphatic carbocycles. The van der Waals surface area contributed by atoms with Gasteiger partial charge in [-0.2, -0.15) is 0 Å². The Morgan fingerprint density at radius 2 is 1.84 bits per heavy atom. The van der Waals surface area contributed by atoms with Crippen LogP contribution in [0.1, 0.15) is 20.3 Å². The highest BCUT2D eigenvalue weighted by Gasteiger charge is 2.36. The van der Waals surface area contributed by atoms with Crippen molar-refractivity contribution in [2.75, 3.05) is 39.3 Å². The Morgan fingerprint density at radius 3 is 2.37 bits per heavy atom. The van der Waals surface area contributed by atoms with Crippen molar-refractivity contribution in [3.63, 3.8) is 0 Å². The average Bonchev–Trinajstić information content (AvgIpc) is 2.32. The Labute approximate surface area is 114 Å². The number of amides is 2. The first-order valence-electron chi connectivity index (χ1n) is 7.01. The highest BCUT2D eigenvalue weighted by Crippen LogP contribution is 2.21. The van der Waals surface area contributed by atoms with E-state index in [9.17, 15) is 9.59 Å². The SMILES string of the molecule is CCN1CCN(C(=O)N2CC(CC(=O)O)C2)CC1C. The number of hydrogen-bond donors (Lipinski definition) is 1. The highest BCUT2D eigenvalue weighted by molar-refractivity contribution is 5.76. The smallest absolute Gasteiger partial charge is 0.320 e. The second-order valence-corrected chi connectivity index (χ2v) is 5.58. The molecule has 1 N–H and O–H groups in total. The molecule has 0 saturated carbocycles. The van der Waals surface area contributed by atoms with Crippen LogP contribution in [0.5, 0.6) is 0 Å². The molecule has 2 heterocycles. The van der Waals surface area contributed by atoms with Crippen LogP contribution in [-0.4, -0.2) is 77.1 Å². The van der Waals surface area contributed by atoms with Crippen molar-refractivity contribution in [1.82, 2.24) is 14.7 Å². The van der Waals surface area contributed by atoms with Gasteiger partial charge in [0, 0.05) is 44.7 Å². The van der Waals surface area contributed by atoms with Gasteiger partial charge in [0.15, 0.2) is 0 Å². The minimum absolute atomic E-state index is 0.0734. The van der Waals surface area contributed by atoms with E-state index < -0.39 is 5.97 Å². The molecule has 1 atom stereocenters. The van der Waals surface area contributed by atoms with Crippen LogP contribution in [0.3, 0.4) is 0 Å². The van der Waals surface area contributed by atoms with E-state index in [2.05, 4.69) is 18.7 Å². The number of carboxylic acids is 1. The second kappa shape index (κ2) is 5.77. The molecule has 0 spiro atoms. The van der Waals surface area contributed by atoms with Crippen LogP contribution in [0, 0.1) is 5.92 Å². The average molecular weight is 269 g/mol. The van der Waals surface area contributed by atoms with Crippen molar-refractivity contribution in [2.45, 2.75) is 26.3 Å². The van der Waals surface area contributed by atoms with E-state index in [1.807, 2.05) is 4.90 Å². The maximum Gasteiger partial charge on any atom is 0.320 e. The maximum atomic E-state index is 12.2. The van der Waals surface area contributed by atoms with Crippen LogP contribution in [0.2, 0.25) is 0 Å². The Morgan fingerprint density at radius 1 is 1.16 bits per heavy atom. The predicted molar refractivity (Wildman–Crippen MR) is 71.0 cm³/mol. The molecule has 19 heavy (non-hydrogen) atoms. The largest absolute Gasteiger partial charge is 0.481 e. The van der Waals surface area contributed by atoms with Crippen molar-refractivity contribution in [3.8, 4) is 0 Å². The lowest BCUT2D eigenvalue weighted by atomic mass is 9.97. The van der Waals surface area contributed by atoms with E-state index in [0.717, 1.165) is 26.2 Å². The van der Waals surface area contributed by atoms with E-state index in [-0.39, 0.29) is 18.4 Å². The minimum Gasteiger partial charge on any atom is -0.481 e. The molecule has 0 aromatic heterocycles. The third-order valence-electron chi connectivity index (χ3n) is 4.13. The Bertz CT molecular complexity index is 355. The predicted octanol–water partition coefficient (Wildman–Crippen LogP) is 0.539. The lowest BCUT2D eigenvalue weighted by Crippen LogP contribution is -2.60. The van der Waals surface area contributed by atoms with Gasteiger partial charge in [-0.15, -0.1) is 0 Å². The molecule has 6 heteroatoms. The number of carbonyl (C=O) groups is 2. The van der Waals surface area contributed by atoms with Gasteiger partial charge in [-0.05, 0) is 13.5 Å². The van der Waals surface area contributed by atoms with Crippen molar-refractivity contribution in [2.24, 2.45) is 5.92 Å². The highest BCUT2D eigenvalue weighted by atomic mass is 16.4. The molecule has 0 aromatic rings. The van der Waals surface area contributed by atoms with Gasteiger partial charge >= 0.3 is 12.0 Å². The lowest BCUT2D eigenvalue weighted by molar-refractivity contribution is -0.139. The molecule has 108 valence electrons. The van der Waals surface area contributed by atoms with Crippen LogP contribution in [-0.2, 0) is 4.79 Å². The standard InChI is InChI=1S/C13H23N3O3/c1-3-14-4-5-15(7-10(14)2)13(19)16-8-11(9-16)6-12(17)18/h10-11H,3-9H2,1-2H3,(H,17,18). The van der Waals surface area contributed by atoms with Crippen molar-refractivity contribution < 1.29 is 14.7 Å². The van der Waals surface area contributed by atoms with Gasteiger partial charge < -0.3 is 14.9 Å². The maximum absolute atomic E-state index is 12.2. The molecule has 0 bridgehead atoms. The number of likely N-dealkylation sites (N-methyl/N-ethyl adjacent to an activating group) is 1. The summed E-state index contributed by atoms with van der Waals surface area (Å²) in [5, 5.41) is 8.69.